The van der Waals surface area contributed by atoms with Gasteiger partial charge >= 0.3 is 0 Å². The van der Waals surface area contributed by atoms with Crippen molar-refractivity contribution in [3.8, 4) is 11.5 Å². The van der Waals surface area contributed by atoms with Crippen LogP contribution in [0.15, 0.2) is 84.9 Å². The third-order valence-corrected chi connectivity index (χ3v) is 5.53. The Morgan fingerprint density at radius 1 is 0.875 bits per heavy atom. The van der Waals surface area contributed by atoms with Gasteiger partial charge in [0.2, 0.25) is 5.91 Å². The third kappa shape index (κ3) is 5.70. The lowest BCUT2D eigenvalue weighted by Crippen LogP contribution is -2.48. The van der Waals surface area contributed by atoms with E-state index in [1.807, 2.05) is 83.8 Å². The molecule has 1 saturated heterocycles. The van der Waals surface area contributed by atoms with Crippen LogP contribution in [0.5, 0.6) is 11.5 Å². The number of amides is 1. The molecule has 1 aliphatic rings. The van der Waals surface area contributed by atoms with Gasteiger partial charge in [-0.25, -0.2) is 0 Å². The molecule has 0 bridgehead atoms. The van der Waals surface area contributed by atoms with Gasteiger partial charge in [-0.1, -0.05) is 48.5 Å². The van der Waals surface area contributed by atoms with Crippen LogP contribution in [0.4, 0.5) is 5.69 Å². The van der Waals surface area contributed by atoms with E-state index in [1.54, 1.807) is 13.2 Å². The maximum Gasteiger partial charge on any atom is 0.246 e. The Morgan fingerprint density at radius 3 is 2.41 bits per heavy atom. The van der Waals surface area contributed by atoms with Crippen molar-refractivity contribution >= 4 is 17.7 Å². The Balaban J connectivity index is 1.30. The summed E-state index contributed by atoms with van der Waals surface area (Å²) in [5.74, 6) is 1.67. The summed E-state index contributed by atoms with van der Waals surface area (Å²) in [6.07, 6.45) is 3.50. The minimum atomic E-state index is 0.0332. The van der Waals surface area contributed by atoms with Crippen LogP contribution >= 0.6 is 0 Å². The zero-order valence-electron chi connectivity index (χ0n) is 18.3. The highest BCUT2D eigenvalue weighted by molar-refractivity contribution is 5.92. The molecule has 0 aliphatic carbocycles. The van der Waals surface area contributed by atoms with E-state index in [9.17, 15) is 4.79 Å². The molecule has 0 spiro atoms. The molecule has 0 N–H and O–H groups in total. The van der Waals surface area contributed by atoms with Crippen LogP contribution in [0.25, 0.3) is 6.08 Å². The van der Waals surface area contributed by atoms with Gasteiger partial charge < -0.3 is 19.3 Å². The average Bonchev–Trinajstić information content (AvgIpc) is 2.87. The highest BCUT2D eigenvalue weighted by Crippen LogP contribution is 2.22. The zero-order chi connectivity index (χ0) is 22.2. The maximum absolute atomic E-state index is 12.7. The zero-order valence-corrected chi connectivity index (χ0v) is 18.3. The molecule has 0 saturated carbocycles. The second kappa shape index (κ2) is 10.5. The number of rotatable bonds is 7. The Labute approximate surface area is 189 Å². The smallest absolute Gasteiger partial charge is 0.246 e. The van der Waals surface area contributed by atoms with Crippen LogP contribution in [0.2, 0.25) is 0 Å². The van der Waals surface area contributed by atoms with E-state index in [0.717, 1.165) is 41.4 Å². The fourth-order valence-corrected chi connectivity index (χ4v) is 3.71. The Bertz CT molecular complexity index is 1060. The topological polar surface area (TPSA) is 42.0 Å². The molecule has 3 aromatic rings. The van der Waals surface area contributed by atoms with E-state index in [2.05, 4.69) is 11.0 Å². The van der Waals surface area contributed by atoms with Crippen LogP contribution < -0.4 is 14.4 Å². The highest BCUT2D eigenvalue weighted by Gasteiger charge is 2.20. The molecule has 0 unspecified atom stereocenters. The summed E-state index contributed by atoms with van der Waals surface area (Å²) in [4.78, 5) is 16.9. The second-order valence-corrected chi connectivity index (χ2v) is 7.69. The lowest BCUT2D eigenvalue weighted by Gasteiger charge is -2.35. The maximum atomic E-state index is 12.7. The molecule has 0 atom stereocenters. The molecule has 164 valence electrons. The Kier molecular flexibility index (Phi) is 7.08. The number of hydrogen-bond acceptors (Lipinski definition) is 4. The van der Waals surface area contributed by atoms with E-state index in [0.29, 0.717) is 19.7 Å². The van der Waals surface area contributed by atoms with Crippen molar-refractivity contribution in [3.63, 3.8) is 0 Å². The molecular formula is C27H28N2O3. The van der Waals surface area contributed by atoms with Gasteiger partial charge in [-0.2, -0.15) is 0 Å². The predicted molar refractivity (Wildman–Crippen MR) is 128 cm³/mol. The van der Waals surface area contributed by atoms with E-state index >= 15 is 0 Å². The predicted octanol–water partition coefficient (Wildman–Crippen LogP) is 4.64. The van der Waals surface area contributed by atoms with Crippen LogP contribution in [-0.4, -0.2) is 44.1 Å². The second-order valence-electron chi connectivity index (χ2n) is 7.69. The summed E-state index contributed by atoms with van der Waals surface area (Å²) in [6, 6.07) is 25.9. The third-order valence-electron chi connectivity index (χ3n) is 5.53. The molecule has 1 heterocycles. The summed E-state index contributed by atoms with van der Waals surface area (Å²) < 4.78 is 11.2. The van der Waals surface area contributed by atoms with Gasteiger partial charge in [0.1, 0.15) is 18.1 Å². The first kappa shape index (κ1) is 21.5. The average molecular weight is 429 g/mol. The summed E-state index contributed by atoms with van der Waals surface area (Å²) in [5.41, 5.74) is 3.19. The van der Waals surface area contributed by atoms with Gasteiger partial charge in [0.05, 0.1) is 7.11 Å². The molecule has 5 heteroatoms. The van der Waals surface area contributed by atoms with Gasteiger partial charge in [0.15, 0.2) is 0 Å². The molecule has 4 rings (SSSR count). The first-order chi connectivity index (χ1) is 15.7. The van der Waals surface area contributed by atoms with Crippen LogP contribution in [0, 0.1) is 0 Å². The van der Waals surface area contributed by atoms with Gasteiger partial charge in [0, 0.05) is 44.0 Å². The molecule has 5 nitrogen and oxygen atoms in total. The Hall–Kier alpha value is -3.73. The summed E-state index contributed by atoms with van der Waals surface area (Å²) >= 11 is 0. The molecule has 32 heavy (non-hydrogen) atoms. The molecule has 0 radical (unpaired) electrons. The van der Waals surface area contributed by atoms with Crippen molar-refractivity contribution < 1.29 is 14.3 Å². The lowest BCUT2D eigenvalue weighted by atomic mass is 10.2. The van der Waals surface area contributed by atoms with E-state index in [4.69, 9.17) is 9.47 Å². The van der Waals surface area contributed by atoms with Crippen LogP contribution in [0.3, 0.4) is 0 Å². The van der Waals surface area contributed by atoms with E-state index in [-0.39, 0.29) is 5.91 Å². The highest BCUT2D eigenvalue weighted by atomic mass is 16.5. The Morgan fingerprint density at radius 2 is 1.62 bits per heavy atom. The van der Waals surface area contributed by atoms with E-state index < -0.39 is 0 Å². The van der Waals surface area contributed by atoms with Crippen molar-refractivity contribution in [2.24, 2.45) is 0 Å². The quantitative estimate of drug-likeness (QED) is 0.515. The largest absolute Gasteiger partial charge is 0.497 e. The van der Waals surface area contributed by atoms with Gasteiger partial charge in [-0.15, -0.1) is 0 Å². The number of nitrogens with zero attached hydrogens (tertiary/aromatic N) is 2. The normalized spacial score (nSPS) is 13.9. The summed E-state index contributed by atoms with van der Waals surface area (Å²) in [5, 5.41) is 0. The number of anilines is 1. The minimum Gasteiger partial charge on any atom is -0.497 e. The number of carbonyl (C=O) groups is 1. The van der Waals surface area contributed by atoms with Crippen LogP contribution in [0.1, 0.15) is 11.1 Å². The first-order valence-electron chi connectivity index (χ1n) is 10.8. The molecule has 1 amide bonds. The molecule has 1 aliphatic heterocycles. The van der Waals surface area contributed by atoms with Crippen molar-refractivity contribution in [1.29, 1.82) is 0 Å². The first-order valence-corrected chi connectivity index (χ1v) is 10.8. The van der Waals surface area contributed by atoms with Crippen molar-refractivity contribution in [1.82, 2.24) is 4.90 Å². The summed E-state index contributed by atoms with van der Waals surface area (Å²) in [7, 11) is 1.67. The number of carbonyl (C=O) groups excluding carboxylic acids is 1. The van der Waals surface area contributed by atoms with Crippen molar-refractivity contribution in [2.75, 3.05) is 38.2 Å². The number of piperazine rings is 1. The fraction of sp³-hybridized carbons (Fsp3) is 0.222. The molecule has 1 fully saturated rings. The van der Waals surface area contributed by atoms with Crippen molar-refractivity contribution in [2.45, 2.75) is 6.61 Å². The number of benzene rings is 3. The fourth-order valence-electron chi connectivity index (χ4n) is 3.71. The molecule has 0 aromatic heterocycles. The standard InChI is InChI=1S/C27H28N2O3/c1-31-25-11-6-10-24(20-25)28-15-17-29(18-16-28)27(30)14-13-22-9-5-12-26(19-22)32-21-23-7-3-2-4-8-23/h2-14,19-20H,15-18,21H2,1H3/b14-13+. The monoisotopic (exact) mass is 428 g/mol. The van der Waals surface area contributed by atoms with E-state index in [1.165, 1.54) is 0 Å². The van der Waals surface area contributed by atoms with Crippen LogP contribution in [-0.2, 0) is 11.4 Å². The number of methoxy groups -OCH3 is 1. The van der Waals surface area contributed by atoms with Gasteiger partial charge in [-0.05, 0) is 41.5 Å². The van der Waals surface area contributed by atoms with Gasteiger partial charge in [0.25, 0.3) is 0 Å². The molecular weight excluding hydrogens is 400 g/mol. The van der Waals surface area contributed by atoms with Gasteiger partial charge in [-0.3, -0.25) is 4.79 Å². The minimum absolute atomic E-state index is 0.0332. The number of hydrogen-bond donors (Lipinski definition) is 0. The van der Waals surface area contributed by atoms with Crippen molar-refractivity contribution in [3.05, 3.63) is 96.1 Å². The summed E-state index contributed by atoms with van der Waals surface area (Å²) in [6.45, 7) is 3.51. The molecule has 3 aromatic carbocycles. The lowest BCUT2D eigenvalue weighted by molar-refractivity contribution is -0.126. The SMILES string of the molecule is COc1cccc(N2CCN(C(=O)/C=C/c3cccc(OCc4ccccc4)c3)CC2)c1. The number of ether oxygens (including phenoxy) is 2.